The van der Waals surface area contributed by atoms with E-state index in [9.17, 15) is 9.59 Å². The SMILES string of the molecule is CC(C)(C)OC(=O)c1ccc(N=C(c2cccnc2)C2C(=O)Nc3cc(N)ccc32)cc1. The number of fused-ring (bicyclic) bond motifs is 1. The second kappa shape index (κ2) is 8.26. The van der Waals surface area contributed by atoms with E-state index >= 15 is 0 Å². The molecule has 3 aromatic rings. The number of rotatable bonds is 4. The summed E-state index contributed by atoms with van der Waals surface area (Å²) < 4.78 is 5.41. The number of nitrogens with two attached hydrogens (primary N) is 1. The minimum Gasteiger partial charge on any atom is -0.456 e. The number of nitrogen functional groups attached to an aromatic ring is 1. The summed E-state index contributed by atoms with van der Waals surface area (Å²) in [6, 6.07) is 15.8. The molecule has 2 aromatic carbocycles. The molecule has 1 aromatic heterocycles. The number of esters is 1. The van der Waals surface area contributed by atoms with Crippen LogP contribution in [0.3, 0.4) is 0 Å². The van der Waals surface area contributed by atoms with Crippen molar-refractivity contribution in [1.82, 2.24) is 4.98 Å². The van der Waals surface area contributed by atoms with Gasteiger partial charge in [0.05, 0.1) is 17.0 Å². The van der Waals surface area contributed by atoms with Crippen molar-refractivity contribution in [2.45, 2.75) is 32.3 Å². The van der Waals surface area contributed by atoms with Gasteiger partial charge >= 0.3 is 5.97 Å². The maximum atomic E-state index is 12.9. The molecule has 0 saturated heterocycles. The molecule has 2 heterocycles. The van der Waals surface area contributed by atoms with Crippen LogP contribution in [0.25, 0.3) is 0 Å². The fourth-order valence-electron chi connectivity index (χ4n) is 3.51. The van der Waals surface area contributed by atoms with Crippen molar-refractivity contribution in [2.24, 2.45) is 4.99 Å². The minimum absolute atomic E-state index is 0.182. The molecule has 32 heavy (non-hydrogen) atoms. The monoisotopic (exact) mass is 428 g/mol. The lowest BCUT2D eigenvalue weighted by molar-refractivity contribution is -0.115. The summed E-state index contributed by atoms with van der Waals surface area (Å²) in [7, 11) is 0. The standard InChI is InChI=1S/C25H24N4O3/c1-25(2,3)32-24(31)15-6-9-18(10-7-15)28-22(16-5-4-12-27-14-16)21-19-11-8-17(26)13-20(19)29-23(21)30/h4-14,21H,26H2,1-3H3,(H,29,30). The predicted octanol–water partition coefficient (Wildman–Crippen LogP) is 4.48. The minimum atomic E-state index is -0.611. The van der Waals surface area contributed by atoms with Gasteiger partial charge in [-0.2, -0.15) is 0 Å². The molecule has 7 nitrogen and oxygen atoms in total. The molecule has 0 saturated carbocycles. The number of anilines is 2. The number of hydrogen-bond acceptors (Lipinski definition) is 6. The number of amides is 1. The zero-order valence-corrected chi connectivity index (χ0v) is 18.1. The number of carbonyl (C=O) groups excluding carboxylic acids is 2. The number of ether oxygens (including phenoxy) is 1. The Bertz CT molecular complexity index is 1200. The van der Waals surface area contributed by atoms with Crippen LogP contribution >= 0.6 is 0 Å². The van der Waals surface area contributed by atoms with Crippen molar-refractivity contribution in [1.29, 1.82) is 0 Å². The third kappa shape index (κ3) is 4.51. The largest absolute Gasteiger partial charge is 0.456 e. The highest BCUT2D eigenvalue weighted by Crippen LogP contribution is 2.37. The zero-order valence-electron chi connectivity index (χ0n) is 18.1. The summed E-state index contributed by atoms with van der Waals surface area (Å²) in [6.07, 6.45) is 3.34. The van der Waals surface area contributed by atoms with Crippen LogP contribution in [0.1, 0.15) is 48.2 Å². The number of nitrogens with zero attached hydrogens (tertiary/aromatic N) is 2. The normalized spacial score (nSPS) is 15.8. The Morgan fingerprint density at radius 3 is 2.50 bits per heavy atom. The predicted molar refractivity (Wildman–Crippen MR) is 124 cm³/mol. The highest BCUT2D eigenvalue weighted by atomic mass is 16.6. The molecule has 1 atom stereocenters. The fourth-order valence-corrected chi connectivity index (χ4v) is 3.51. The van der Waals surface area contributed by atoms with Crippen LogP contribution in [0.15, 0.2) is 72.0 Å². The van der Waals surface area contributed by atoms with Crippen molar-refractivity contribution in [3.8, 4) is 0 Å². The maximum absolute atomic E-state index is 12.9. The van der Waals surface area contributed by atoms with Gasteiger partial charge in [0.25, 0.3) is 0 Å². The van der Waals surface area contributed by atoms with Gasteiger partial charge in [-0.05, 0) is 68.8 Å². The number of nitrogens with one attached hydrogen (secondary N) is 1. The number of benzene rings is 2. The lowest BCUT2D eigenvalue weighted by atomic mass is 9.91. The van der Waals surface area contributed by atoms with Gasteiger partial charge < -0.3 is 15.8 Å². The first kappa shape index (κ1) is 21.2. The number of hydrogen-bond donors (Lipinski definition) is 2. The number of pyridine rings is 1. The second-order valence-corrected chi connectivity index (χ2v) is 8.56. The summed E-state index contributed by atoms with van der Waals surface area (Å²) in [4.78, 5) is 34.2. The Hall–Kier alpha value is -4.00. The zero-order chi connectivity index (χ0) is 22.9. The average molecular weight is 428 g/mol. The molecule has 0 radical (unpaired) electrons. The van der Waals surface area contributed by atoms with Gasteiger partial charge in [0.15, 0.2) is 0 Å². The van der Waals surface area contributed by atoms with Gasteiger partial charge in [-0.15, -0.1) is 0 Å². The summed E-state index contributed by atoms with van der Waals surface area (Å²) in [6.45, 7) is 5.46. The third-order valence-corrected chi connectivity index (χ3v) is 4.89. The highest BCUT2D eigenvalue weighted by molar-refractivity contribution is 6.24. The fraction of sp³-hybridized carbons (Fsp3) is 0.200. The van der Waals surface area contributed by atoms with E-state index in [-0.39, 0.29) is 5.91 Å². The van der Waals surface area contributed by atoms with Crippen LogP contribution in [0.2, 0.25) is 0 Å². The highest BCUT2D eigenvalue weighted by Gasteiger charge is 2.35. The van der Waals surface area contributed by atoms with Gasteiger partial charge in [-0.1, -0.05) is 12.1 Å². The topological polar surface area (TPSA) is 107 Å². The Kier molecular flexibility index (Phi) is 5.48. The lowest BCUT2D eigenvalue weighted by Crippen LogP contribution is -2.23. The Morgan fingerprint density at radius 2 is 1.84 bits per heavy atom. The van der Waals surface area contributed by atoms with E-state index < -0.39 is 17.5 Å². The first-order valence-electron chi connectivity index (χ1n) is 10.2. The molecule has 3 N–H and O–H groups in total. The number of aromatic nitrogens is 1. The van der Waals surface area contributed by atoms with Crippen LogP contribution < -0.4 is 11.1 Å². The molecule has 1 unspecified atom stereocenters. The van der Waals surface area contributed by atoms with E-state index in [1.807, 2.05) is 32.9 Å². The number of carbonyl (C=O) groups is 2. The summed E-state index contributed by atoms with van der Waals surface area (Å²) >= 11 is 0. The second-order valence-electron chi connectivity index (χ2n) is 8.56. The molecule has 0 aliphatic carbocycles. The molecule has 0 fully saturated rings. The van der Waals surface area contributed by atoms with Gasteiger partial charge in [0, 0.05) is 29.3 Å². The van der Waals surface area contributed by atoms with Crippen LogP contribution in [0, 0.1) is 0 Å². The number of aliphatic imine (C=N–C) groups is 1. The molecule has 0 spiro atoms. The molecule has 1 aliphatic rings. The Labute approximate surface area is 186 Å². The van der Waals surface area contributed by atoms with Gasteiger partial charge in [0.2, 0.25) is 5.91 Å². The first-order valence-corrected chi connectivity index (χ1v) is 10.2. The third-order valence-electron chi connectivity index (χ3n) is 4.89. The summed E-state index contributed by atoms with van der Waals surface area (Å²) in [5, 5.41) is 2.89. The molecular formula is C25H24N4O3. The maximum Gasteiger partial charge on any atom is 0.338 e. The molecule has 1 amide bonds. The van der Waals surface area contributed by atoms with Gasteiger partial charge in [0.1, 0.15) is 11.5 Å². The average Bonchev–Trinajstić information content (AvgIpc) is 3.06. The van der Waals surface area contributed by atoms with Gasteiger partial charge in [-0.25, -0.2) is 4.79 Å². The van der Waals surface area contributed by atoms with Crippen molar-refractivity contribution in [2.75, 3.05) is 11.1 Å². The molecule has 7 heteroatoms. The summed E-state index contributed by atoms with van der Waals surface area (Å²) in [5.41, 5.74) is 9.68. The quantitative estimate of drug-likeness (QED) is 0.362. The molecule has 0 bridgehead atoms. The van der Waals surface area contributed by atoms with Crippen LogP contribution in [0.5, 0.6) is 0 Å². The van der Waals surface area contributed by atoms with Crippen LogP contribution in [-0.4, -0.2) is 28.2 Å². The molecule has 4 rings (SSSR count). The Morgan fingerprint density at radius 1 is 1.09 bits per heavy atom. The molecule has 162 valence electrons. The first-order chi connectivity index (χ1) is 15.2. The summed E-state index contributed by atoms with van der Waals surface area (Å²) in [5.74, 6) is -1.19. The van der Waals surface area contributed by atoms with Crippen molar-refractivity contribution in [3.05, 3.63) is 83.7 Å². The van der Waals surface area contributed by atoms with E-state index in [0.717, 1.165) is 11.1 Å². The van der Waals surface area contributed by atoms with Crippen molar-refractivity contribution in [3.63, 3.8) is 0 Å². The van der Waals surface area contributed by atoms with E-state index in [4.69, 9.17) is 15.5 Å². The molecule has 1 aliphatic heterocycles. The van der Waals surface area contributed by atoms with E-state index in [1.54, 1.807) is 54.9 Å². The van der Waals surface area contributed by atoms with Crippen LogP contribution in [0.4, 0.5) is 17.1 Å². The lowest BCUT2D eigenvalue weighted by Gasteiger charge is -2.19. The van der Waals surface area contributed by atoms with Crippen LogP contribution in [-0.2, 0) is 9.53 Å². The van der Waals surface area contributed by atoms with E-state index in [0.29, 0.717) is 28.3 Å². The van der Waals surface area contributed by atoms with Gasteiger partial charge in [-0.3, -0.25) is 14.8 Å². The van der Waals surface area contributed by atoms with Crippen molar-refractivity contribution < 1.29 is 14.3 Å². The molecular weight excluding hydrogens is 404 g/mol. The smallest absolute Gasteiger partial charge is 0.338 e. The van der Waals surface area contributed by atoms with Crippen molar-refractivity contribution >= 4 is 34.7 Å². The van der Waals surface area contributed by atoms with E-state index in [2.05, 4.69) is 10.3 Å². The van der Waals surface area contributed by atoms with E-state index in [1.165, 1.54) is 0 Å². The Balaban J connectivity index is 1.73.